The number of ether oxygens (including phenoxy) is 2. The Labute approximate surface area is 239 Å². The first-order valence-electron chi connectivity index (χ1n) is 13.2. The van der Waals surface area contributed by atoms with Gasteiger partial charge in [-0.2, -0.15) is 4.98 Å². The van der Waals surface area contributed by atoms with Gasteiger partial charge in [0.25, 0.3) is 0 Å². The molecular formula is C29H26ClF2N5O4. The number of carboxylic acids is 1. The van der Waals surface area contributed by atoms with Crippen LogP contribution in [0.2, 0.25) is 5.02 Å². The first kappa shape index (κ1) is 27.3. The first-order chi connectivity index (χ1) is 19.8. The molecule has 212 valence electrons. The second-order valence-corrected chi connectivity index (χ2v) is 10.5. The van der Waals surface area contributed by atoms with E-state index < -0.39 is 17.6 Å². The van der Waals surface area contributed by atoms with E-state index in [1.165, 1.54) is 12.1 Å². The van der Waals surface area contributed by atoms with Crippen LogP contribution < -0.4 is 4.74 Å². The molecule has 0 aliphatic carbocycles. The number of carbonyl (C=O) groups is 1. The lowest BCUT2D eigenvalue weighted by Gasteiger charge is -2.29. The number of hydrogen-bond donors (Lipinski definition) is 1. The summed E-state index contributed by atoms with van der Waals surface area (Å²) in [5.41, 5.74) is 2.86. The van der Waals surface area contributed by atoms with E-state index >= 15 is 0 Å². The number of rotatable bonds is 9. The number of halogens is 3. The fraction of sp³-hybridized carbons (Fsp3) is 0.310. The fourth-order valence-corrected chi connectivity index (χ4v) is 5.12. The molecular weight excluding hydrogens is 556 g/mol. The SMILES string of the molecule is O=C(O)c1ccc2nc(CN3CC=C(c4nc(OCc5ccc(Cl)cc5F)ncc4F)CC3)n(CC3CCO3)c2c1. The standard InChI is InChI=1S/C29H26ClF2N5O4/c30-20-3-1-19(22(31)12-20)16-41-29-33-13-23(32)27(35-29)17-5-8-36(9-6-17)15-26-34-24-4-2-18(28(38)39)11-25(24)37(26)14-21-7-10-40-21/h1-5,11-13,21H,6-10,14-16H2,(H,38,39). The normalized spacial score (nSPS) is 17.3. The van der Waals surface area contributed by atoms with Crippen molar-refractivity contribution in [2.75, 3.05) is 19.7 Å². The van der Waals surface area contributed by atoms with E-state index in [0.29, 0.717) is 32.6 Å². The molecule has 1 atom stereocenters. The third-order valence-electron chi connectivity index (χ3n) is 7.31. The average Bonchev–Trinajstić information content (AvgIpc) is 3.27. The van der Waals surface area contributed by atoms with Gasteiger partial charge in [-0.1, -0.05) is 23.7 Å². The first-order valence-corrected chi connectivity index (χ1v) is 13.6. The molecule has 2 aromatic heterocycles. The van der Waals surface area contributed by atoms with Crippen LogP contribution in [0.25, 0.3) is 16.6 Å². The lowest BCUT2D eigenvalue weighted by atomic mass is 10.0. The molecule has 0 saturated carbocycles. The second-order valence-electron chi connectivity index (χ2n) is 10.0. The van der Waals surface area contributed by atoms with E-state index in [-0.39, 0.29) is 40.6 Å². The van der Waals surface area contributed by atoms with Crippen LogP contribution in [-0.2, 0) is 24.4 Å². The third kappa shape index (κ3) is 5.92. The summed E-state index contributed by atoms with van der Waals surface area (Å²) in [7, 11) is 0. The van der Waals surface area contributed by atoms with Gasteiger partial charge in [0, 0.05) is 30.3 Å². The van der Waals surface area contributed by atoms with Crippen molar-refractivity contribution in [1.29, 1.82) is 0 Å². The van der Waals surface area contributed by atoms with E-state index in [9.17, 15) is 18.7 Å². The molecule has 0 amide bonds. The fourth-order valence-electron chi connectivity index (χ4n) is 4.96. The number of aromatic nitrogens is 4. The molecule has 1 saturated heterocycles. The summed E-state index contributed by atoms with van der Waals surface area (Å²) in [6, 6.07) is 9.15. The molecule has 4 aromatic rings. The van der Waals surface area contributed by atoms with Gasteiger partial charge in [-0.15, -0.1) is 0 Å². The molecule has 1 N–H and O–H groups in total. The van der Waals surface area contributed by atoms with Crippen LogP contribution in [0.1, 0.15) is 40.3 Å². The molecule has 2 aromatic carbocycles. The molecule has 1 fully saturated rings. The Balaban J connectivity index is 1.17. The quantitative estimate of drug-likeness (QED) is 0.291. The van der Waals surface area contributed by atoms with Crippen LogP contribution in [0.15, 0.2) is 48.7 Å². The zero-order chi connectivity index (χ0) is 28.5. The molecule has 12 heteroatoms. The number of benzene rings is 2. The van der Waals surface area contributed by atoms with Crippen LogP contribution in [0.5, 0.6) is 6.01 Å². The average molecular weight is 582 g/mol. The zero-order valence-corrected chi connectivity index (χ0v) is 22.7. The van der Waals surface area contributed by atoms with Gasteiger partial charge in [-0.3, -0.25) is 4.90 Å². The van der Waals surface area contributed by atoms with Crippen LogP contribution in [0.4, 0.5) is 8.78 Å². The van der Waals surface area contributed by atoms with Crippen LogP contribution in [0, 0.1) is 11.6 Å². The monoisotopic (exact) mass is 581 g/mol. The summed E-state index contributed by atoms with van der Waals surface area (Å²) in [5, 5.41) is 9.75. The number of nitrogens with zero attached hydrogens (tertiary/aromatic N) is 5. The zero-order valence-electron chi connectivity index (χ0n) is 21.9. The minimum absolute atomic E-state index is 0.0493. The topological polar surface area (TPSA) is 103 Å². The van der Waals surface area contributed by atoms with Gasteiger partial charge < -0.3 is 19.1 Å². The molecule has 0 bridgehead atoms. The van der Waals surface area contributed by atoms with Gasteiger partial charge in [0.15, 0.2) is 5.82 Å². The predicted molar refractivity (Wildman–Crippen MR) is 147 cm³/mol. The molecule has 0 spiro atoms. The molecule has 2 aliphatic heterocycles. The number of imidazole rings is 1. The molecule has 9 nitrogen and oxygen atoms in total. The van der Waals surface area contributed by atoms with Gasteiger partial charge in [0.05, 0.1) is 42.0 Å². The van der Waals surface area contributed by atoms with E-state index in [0.717, 1.165) is 41.7 Å². The Hall–Kier alpha value is -3.93. The summed E-state index contributed by atoms with van der Waals surface area (Å²) in [6.07, 6.45) is 4.52. The van der Waals surface area contributed by atoms with Crippen molar-refractivity contribution in [2.24, 2.45) is 0 Å². The number of fused-ring (bicyclic) bond motifs is 1. The summed E-state index contributed by atoms with van der Waals surface area (Å²) < 4.78 is 42.0. The highest BCUT2D eigenvalue weighted by molar-refractivity contribution is 6.30. The molecule has 4 heterocycles. The Kier molecular flexibility index (Phi) is 7.65. The third-order valence-corrected chi connectivity index (χ3v) is 7.55. The van der Waals surface area contributed by atoms with Crippen LogP contribution in [0.3, 0.4) is 0 Å². The van der Waals surface area contributed by atoms with Crippen LogP contribution >= 0.6 is 11.6 Å². The highest BCUT2D eigenvalue weighted by Crippen LogP contribution is 2.27. The Morgan fingerprint density at radius 1 is 1.17 bits per heavy atom. The molecule has 0 radical (unpaired) electrons. The van der Waals surface area contributed by atoms with Gasteiger partial charge in [-0.25, -0.2) is 23.5 Å². The van der Waals surface area contributed by atoms with E-state index in [4.69, 9.17) is 26.1 Å². The lowest BCUT2D eigenvalue weighted by Crippen LogP contribution is -2.33. The molecule has 41 heavy (non-hydrogen) atoms. The maximum absolute atomic E-state index is 14.7. The Morgan fingerprint density at radius 3 is 2.73 bits per heavy atom. The highest BCUT2D eigenvalue weighted by atomic mass is 35.5. The van der Waals surface area contributed by atoms with Crippen molar-refractivity contribution in [3.05, 3.63) is 88.0 Å². The van der Waals surface area contributed by atoms with Crippen molar-refractivity contribution in [3.63, 3.8) is 0 Å². The molecule has 6 rings (SSSR count). The van der Waals surface area contributed by atoms with Crippen molar-refractivity contribution in [2.45, 2.75) is 38.6 Å². The Bertz CT molecular complexity index is 1660. The maximum atomic E-state index is 14.7. The van der Waals surface area contributed by atoms with E-state index in [1.807, 2.05) is 10.6 Å². The summed E-state index contributed by atoms with van der Waals surface area (Å²) in [6.45, 7) is 2.89. The largest absolute Gasteiger partial charge is 0.478 e. The summed E-state index contributed by atoms with van der Waals surface area (Å²) >= 11 is 5.80. The number of aromatic carboxylic acids is 1. The predicted octanol–water partition coefficient (Wildman–Crippen LogP) is 5.11. The molecule has 1 unspecified atom stereocenters. The number of carboxylic acid groups (broad SMARTS) is 1. The minimum Gasteiger partial charge on any atom is -0.478 e. The summed E-state index contributed by atoms with van der Waals surface area (Å²) in [5.74, 6) is -1.25. The van der Waals surface area contributed by atoms with Gasteiger partial charge >= 0.3 is 12.0 Å². The van der Waals surface area contributed by atoms with Gasteiger partial charge in [-0.05, 0) is 48.7 Å². The van der Waals surface area contributed by atoms with Crippen molar-refractivity contribution in [3.8, 4) is 6.01 Å². The van der Waals surface area contributed by atoms with E-state index in [2.05, 4.69) is 14.9 Å². The van der Waals surface area contributed by atoms with Gasteiger partial charge in [0.2, 0.25) is 0 Å². The second kappa shape index (κ2) is 11.5. The number of hydrogen-bond acceptors (Lipinski definition) is 7. The van der Waals surface area contributed by atoms with Crippen molar-refractivity contribution in [1.82, 2.24) is 24.4 Å². The van der Waals surface area contributed by atoms with Gasteiger partial charge in [0.1, 0.15) is 23.9 Å². The Morgan fingerprint density at radius 2 is 2.02 bits per heavy atom. The smallest absolute Gasteiger partial charge is 0.335 e. The van der Waals surface area contributed by atoms with Crippen molar-refractivity contribution >= 4 is 34.2 Å². The summed E-state index contributed by atoms with van der Waals surface area (Å²) in [4.78, 5) is 26.7. The minimum atomic E-state index is -0.988. The molecule has 2 aliphatic rings. The van der Waals surface area contributed by atoms with Crippen molar-refractivity contribution < 1.29 is 28.2 Å². The van der Waals surface area contributed by atoms with Crippen LogP contribution in [-0.4, -0.2) is 61.3 Å². The maximum Gasteiger partial charge on any atom is 0.335 e. The highest BCUT2D eigenvalue weighted by Gasteiger charge is 2.25. The van der Waals surface area contributed by atoms with E-state index in [1.54, 1.807) is 24.3 Å². The lowest BCUT2D eigenvalue weighted by molar-refractivity contribution is -0.0591.